The number of carbonyl (C=O) groups excluding carboxylic acids is 1. The van der Waals surface area contributed by atoms with E-state index in [1.54, 1.807) is 26.0 Å². The molecule has 0 aromatic heterocycles. The molecule has 2 aromatic rings. The highest BCUT2D eigenvalue weighted by molar-refractivity contribution is 8.00. The number of hydrogen-bond acceptors (Lipinski definition) is 4. The monoisotopic (exact) mass is 357 g/mol. The minimum Gasteiger partial charge on any atom is -0.497 e. The Labute approximate surface area is 153 Å². The van der Waals surface area contributed by atoms with Crippen LogP contribution in [0.3, 0.4) is 0 Å². The molecule has 1 atom stereocenters. The fourth-order valence-corrected chi connectivity index (χ4v) is 3.92. The van der Waals surface area contributed by atoms with Gasteiger partial charge in [0.05, 0.1) is 26.0 Å². The second-order valence-corrected chi connectivity index (χ2v) is 7.03. The van der Waals surface area contributed by atoms with E-state index in [1.807, 2.05) is 41.3 Å². The first kappa shape index (κ1) is 17.7. The van der Waals surface area contributed by atoms with Crippen molar-refractivity contribution in [2.45, 2.75) is 23.8 Å². The standard InChI is InChI=1S/C20H23NO3S/c1-23-16-7-5-15(6-8-16)19-4-3-13-21(19)20(22)14-25-18-11-9-17(24-2)10-12-18/h5-12,19H,3-4,13-14H2,1-2H3. The van der Waals surface area contributed by atoms with E-state index in [-0.39, 0.29) is 11.9 Å². The smallest absolute Gasteiger partial charge is 0.233 e. The molecule has 1 fully saturated rings. The van der Waals surface area contributed by atoms with Gasteiger partial charge in [-0.1, -0.05) is 12.1 Å². The summed E-state index contributed by atoms with van der Waals surface area (Å²) < 4.78 is 10.4. The summed E-state index contributed by atoms with van der Waals surface area (Å²) in [4.78, 5) is 15.8. The summed E-state index contributed by atoms with van der Waals surface area (Å²) in [7, 11) is 3.31. The molecule has 132 valence electrons. The lowest BCUT2D eigenvalue weighted by atomic mass is 10.0. The SMILES string of the molecule is COc1ccc(SCC(=O)N2CCCC2c2ccc(OC)cc2)cc1. The number of benzene rings is 2. The molecule has 1 heterocycles. The Hall–Kier alpha value is -2.14. The summed E-state index contributed by atoms with van der Waals surface area (Å²) in [6.45, 7) is 0.832. The van der Waals surface area contributed by atoms with E-state index in [0.29, 0.717) is 5.75 Å². The highest BCUT2D eigenvalue weighted by Gasteiger charge is 2.29. The van der Waals surface area contributed by atoms with Crippen LogP contribution in [0.2, 0.25) is 0 Å². The van der Waals surface area contributed by atoms with Gasteiger partial charge in [0.15, 0.2) is 0 Å². The average Bonchev–Trinajstić information content (AvgIpc) is 3.16. The third kappa shape index (κ3) is 4.28. The van der Waals surface area contributed by atoms with Crippen molar-refractivity contribution in [2.75, 3.05) is 26.5 Å². The Kier molecular flexibility index (Phi) is 5.87. The Morgan fingerprint density at radius 3 is 2.24 bits per heavy atom. The lowest BCUT2D eigenvalue weighted by Gasteiger charge is -2.25. The zero-order valence-corrected chi connectivity index (χ0v) is 15.4. The molecule has 1 amide bonds. The number of methoxy groups -OCH3 is 2. The van der Waals surface area contributed by atoms with E-state index in [2.05, 4.69) is 12.1 Å². The number of rotatable bonds is 6. The molecule has 4 nitrogen and oxygen atoms in total. The molecule has 2 aromatic carbocycles. The number of likely N-dealkylation sites (tertiary alicyclic amines) is 1. The van der Waals surface area contributed by atoms with Gasteiger partial charge in [-0.25, -0.2) is 0 Å². The summed E-state index contributed by atoms with van der Waals surface area (Å²) in [6.07, 6.45) is 2.07. The van der Waals surface area contributed by atoms with Gasteiger partial charge in [-0.05, 0) is 54.8 Å². The maximum absolute atomic E-state index is 12.7. The summed E-state index contributed by atoms with van der Waals surface area (Å²) in [5.74, 6) is 2.32. The lowest BCUT2D eigenvalue weighted by molar-refractivity contribution is -0.129. The molecule has 0 spiro atoms. The summed E-state index contributed by atoms with van der Waals surface area (Å²) in [6, 6.07) is 16.0. The third-order valence-electron chi connectivity index (χ3n) is 4.50. The molecule has 0 saturated carbocycles. The minimum atomic E-state index is 0.176. The molecule has 1 aliphatic heterocycles. The molecule has 1 unspecified atom stereocenters. The number of hydrogen-bond donors (Lipinski definition) is 0. The molecule has 0 bridgehead atoms. The predicted octanol–water partition coefficient (Wildman–Crippen LogP) is 4.16. The molecular formula is C20H23NO3S. The highest BCUT2D eigenvalue weighted by Crippen LogP contribution is 2.33. The zero-order valence-electron chi connectivity index (χ0n) is 14.6. The Morgan fingerprint density at radius 2 is 1.64 bits per heavy atom. The van der Waals surface area contributed by atoms with Crippen molar-refractivity contribution in [3.05, 3.63) is 54.1 Å². The maximum Gasteiger partial charge on any atom is 0.233 e. The minimum absolute atomic E-state index is 0.176. The van der Waals surface area contributed by atoms with Gasteiger partial charge in [-0.2, -0.15) is 0 Å². The van der Waals surface area contributed by atoms with Gasteiger partial charge in [0.25, 0.3) is 0 Å². The van der Waals surface area contributed by atoms with Gasteiger partial charge < -0.3 is 14.4 Å². The van der Waals surface area contributed by atoms with Crippen LogP contribution in [-0.2, 0) is 4.79 Å². The van der Waals surface area contributed by atoms with Crippen molar-refractivity contribution in [3.8, 4) is 11.5 Å². The normalized spacial score (nSPS) is 16.7. The van der Waals surface area contributed by atoms with Crippen LogP contribution in [0.1, 0.15) is 24.4 Å². The van der Waals surface area contributed by atoms with Crippen molar-refractivity contribution in [2.24, 2.45) is 0 Å². The Bertz CT molecular complexity index is 700. The van der Waals surface area contributed by atoms with Gasteiger partial charge in [0.2, 0.25) is 5.91 Å². The van der Waals surface area contributed by atoms with Crippen LogP contribution in [0.25, 0.3) is 0 Å². The van der Waals surface area contributed by atoms with Crippen LogP contribution in [0.15, 0.2) is 53.4 Å². The molecule has 3 rings (SSSR count). The summed E-state index contributed by atoms with van der Waals surface area (Å²) in [5, 5.41) is 0. The number of ether oxygens (including phenoxy) is 2. The fraction of sp³-hybridized carbons (Fsp3) is 0.350. The second-order valence-electron chi connectivity index (χ2n) is 5.98. The van der Waals surface area contributed by atoms with Crippen molar-refractivity contribution in [3.63, 3.8) is 0 Å². The van der Waals surface area contributed by atoms with Crippen LogP contribution in [-0.4, -0.2) is 37.3 Å². The van der Waals surface area contributed by atoms with Gasteiger partial charge in [-0.3, -0.25) is 4.79 Å². The molecule has 0 radical (unpaired) electrons. The van der Waals surface area contributed by atoms with Crippen LogP contribution in [0, 0.1) is 0 Å². The Morgan fingerprint density at radius 1 is 1.04 bits per heavy atom. The van der Waals surface area contributed by atoms with E-state index in [9.17, 15) is 4.79 Å². The molecule has 0 N–H and O–H groups in total. The van der Waals surface area contributed by atoms with Crippen molar-refractivity contribution in [1.29, 1.82) is 0 Å². The highest BCUT2D eigenvalue weighted by atomic mass is 32.2. The quantitative estimate of drug-likeness (QED) is 0.728. The summed E-state index contributed by atoms with van der Waals surface area (Å²) >= 11 is 1.57. The van der Waals surface area contributed by atoms with Gasteiger partial charge in [0, 0.05) is 11.4 Å². The maximum atomic E-state index is 12.7. The number of nitrogens with zero attached hydrogens (tertiary/aromatic N) is 1. The van der Waals surface area contributed by atoms with Crippen molar-refractivity contribution in [1.82, 2.24) is 4.90 Å². The topological polar surface area (TPSA) is 38.8 Å². The fourth-order valence-electron chi connectivity index (χ4n) is 3.14. The van der Waals surface area contributed by atoms with E-state index < -0.39 is 0 Å². The van der Waals surface area contributed by atoms with E-state index in [1.165, 1.54) is 5.56 Å². The predicted molar refractivity (Wildman–Crippen MR) is 100 cm³/mol. The zero-order chi connectivity index (χ0) is 17.6. The first-order valence-electron chi connectivity index (χ1n) is 8.41. The van der Waals surface area contributed by atoms with Crippen LogP contribution in [0.4, 0.5) is 0 Å². The molecule has 1 aliphatic rings. The lowest BCUT2D eigenvalue weighted by Crippen LogP contribution is -2.31. The molecular weight excluding hydrogens is 334 g/mol. The number of carbonyl (C=O) groups is 1. The van der Waals surface area contributed by atoms with Gasteiger partial charge in [0.1, 0.15) is 11.5 Å². The van der Waals surface area contributed by atoms with Crippen LogP contribution >= 0.6 is 11.8 Å². The Balaban J connectivity index is 1.61. The van der Waals surface area contributed by atoms with Crippen molar-refractivity contribution >= 4 is 17.7 Å². The van der Waals surface area contributed by atoms with Gasteiger partial charge in [-0.15, -0.1) is 11.8 Å². The van der Waals surface area contributed by atoms with Crippen LogP contribution in [0.5, 0.6) is 11.5 Å². The third-order valence-corrected chi connectivity index (χ3v) is 5.49. The molecule has 0 aliphatic carbocycles. The summed E-state index contributed by atoms with van der Waals surface area (Å²) in [5.41, 5.74) is 1.18. The van der Waals surface area contributed by atoms with Crippen LogP contribution < -0.4 is 9.47 Å². The second kappa shape index (κ2) is 8.30. The molecule has 1 saturated heterocycles. The largest absolute Gasteiger partial charge is 0.497 e. The van der Waals surface area contributed by atoms with Gasteiger partial charge >= 0.3 is 0 Å². The van der Waals surface area contributed by atoms with E-state index in [0.717, 1.165) is 35.8 Å². The average molecular weight is 357 g/mol. The first-order valence-corrected chi connectivity index (χ1v) is 9.40. The van der Waals surface area contributed by atoms with E-state index >= 15 is 0 Å². The number of thioether (sulfide) groups is 1. The van der Waals surface area contributed by atoms with E-state index in [4.69, 9.17) is 9.47 Å². The molecule has 5 heteroatoms. The molecule has 25 heavy (non-hydrogen) atoms. The van der Waals surface area contributed by atoms with Crippen molar-refractivity contribution < 1.29 is 14.3 Å². The number of amides is 1. The first-order chi connectivity index (χ1) is 12.2.